The van der Waals surface area contributed by atoms with E-state index in [0.717, 1.165) is 19.3 Å². The first-order chi connectivity index (χ1) is 9.85. The van der Waals surface area contributed by atoms with Crippen molar-refractivity contribution in [3.8, 4) is 0 Å². The summed E-state index contributed by atoms with van der Waals surface area (Å²) in [5.74, 6) is 0. The van der Waals surface area contributed by atoms with Crippen molar-refractivity contribution in [1.29, 1.82) is 0 Å². The highest BCUT2D eigenvalue weighted by molar-refractivity contribution is 7.89. The third kappa shape index (κ3) is 3.14. The van der Waals surface area contributed by atoms with Gasteiger partial charge in [-0.15, -0.1) is 0 Å². The van der Waals surface area contributed by atoms with Crippen molar-refractivity contribution in [2.45, 2.75) is 57.9 Å². The molecule has 2 N–H and O–H groups in total. The fraction of sp³-hybridized carbons (Fsp3) is 0.786. The van der Waals surface area contributed by atoms with Crippen LogP contribution in [0.1, 0.15) is 44.0 Å². The second-order valence-corrected chi connectivity index (χ2v) is 7.68. The van der Waals surface area contributed by atoms with Gasteiger partial charge >= 0.3 is 0 Å². The van der Waals surface area contributed by atoms with Gasteiger partial charge in [-0.05, 0) is 38.5 Å². The SMILES string of the molecule is CCC1(CNS(=O)(=O)c2c(C)nn(CCO)c2C)CCC1. The van der Waals surface area contributed by atoms with Gasteiger partial charge < -0.3 is 5.11 Å². The van der Waals surface area contributed by atoms with Crippen molar-refractivity contribution in [3.63, 3.8) is 0 Å². The summed E-state index contributed by atoms with van der Waals surface area (Å²) in [7, 11) is -3.55. The number of nitrogens with zero attached hydrogens (tertiary/aromatic N) is 2. The van der Waals surface area contributed by atoms with E-state index in [0.29, 0.717) is 24.5 Å². The average molecular weight is 315 g/mol. The molecule has 7 heteroatoms. The standard InChI is InChI=1S/C14H25N3O3S/c1-4-14(6-5-7-14)10-15-21(19,20)13-11(2)16-17(8-9-18)12(13)3/h15,18H,4-10H2,1-3H3. The van der Waals surface area contributed by atoms with E-state index in [9.17, 15) is 8.42 Å². The van der Waals surface area contributed by atoms with Gasteiger partial charge in [0, 0.05) is 6.54 Å². The first-order valence-electron chi connectivity index (χ1n) is 7.50. The van der Waals surface area contributed by atoms with Crippen molar-refractivity contribution < 1.29 is 13.5 Å². The van der Waals surface area contributed by atoms with Gasteiger partial charge in [0.25, 0.3) is 0 Å². The van der Waals surface area contributed by atoms with E-state index >= 15 is 0 Å². The van der Waals surface area contributed by atoms with Gasteiger partial charge in [-0.2, -0.15) is 5.10 Å². The van der Waals surface area contributed by atoms with Gasteiger partial charge in [-0.1, -0.05) is 13.3 Å². The Hall–Kier alpha value is -0.920. The Labute approximate surface area is 126 Å². The monoisotopic (exact) mass is 315 g/mol. The van der Waals surface area contributed by atoms with Gasteiger partial charge in [0.1, 0.15) is 4.90 Å². The molecular weight excluding hydrogens is 290 g/mol. The van der Waals surface area contributed by atoms with Gasteiger partial charge in [-0.25, -0.2) is 13.1 Å². The molecule has 0 amide bonds. The van der Waals surface area contributed by atoms with Crippen LogP contribution in [0.5, 0.6) is 0 Å². The summed E-state index contributed by atoms with van der Waals surface area (Å²) in [5, 5.41) is 13.2. The number of aromatic nitrogens is 2. The van der Waals surface area contributed by atoms with Gasteiger partial charge in [0.05, 0.1) is 24.5 Å². The average Bonchev–Trinajstić information content (AvgIpc) is 2.64. The van der Waals surface area contributed by atoms with Crippen molar-refractivity contribution in [3.05, 3.63) is 11.4 Å². The predicted molar refractivity (Wildman–Crippen MR) is 80.6 cm³/mol. The Morgan fingerprint density at radius 1 is 1.38 bits per heavy atom. The molecule has 0 radical (unpaired) electrons. The lowest BCUT2D eigenvalue weighted by atomic mass is 9.67. The normalized spacial score (nSPS) is 17.7. The van der Waals surface area contributed by atoms with Crippen LogP contribution >= 0.6 is 0 Å². The predicted octanol–water partition coefficient (Wildman–Crippen LogP) is 1.35. The van der Waals surface area contributed by atoms with E-state index in [4.69, 9.17) is 5.11 Å². The van der Waals surface area contributed by atoms with Crippen molar-refractivity contribution in [2.75, 3.05) is 13.2 Å². The fourth-order valence-corrected chi connectivity index (χ4v) is 4.60. The first-order valence-corrected chi connectivity index (χ1v) is 8.98. The third-order valence-corrected chi connectivity index (χ3v) is 6.35. The molecule has 21 heavy (non-hydrogen) atoms. The van der Waals surface area contributed by atoms with Crippen LogP contribution in [0.25, 0.3) is 0 Å². The Morgan fingerprint density at radius 3 is 2.52 bits per heavy atom. The molecule has 1 aromatic rings. The molecule has 2 rings (SSSR count). The lowest BCUT2D eigenvalue weighted by Gasteiger charge is -2.41. The molecule has 0 spiro atoms. The number of hydrogen-bond donors (Lipinski definition) is 2. The quantitative estimate of drug-likeness (QED) is 0.795. The highest BCUT2D eigenvalue weighted by atomic mass is 32.2. The zero-order chi connectivity index (χ0) is 15.7. The van der Waals surface area contributed by atoms with E-state index in [1.165, 1.54) is 6.42 Å². The van der Waals surface area contributed by atoms with Crippen LogP contribution in [0.2, 0.25) is 0 Å². The molecule has 1 aliphatic rings. The van der Waals surface area contributed by atoms with Gasteiger partial charge in [0.2, 0.25) is 10.0 Å². The molecule has 1 aliphatic carbocycles. The summed E-state index contributed by atoms with van der Waals surface area (Å²) in [6.45, 7) is 6.27. The number of nitrogens with one attached hydrogen (secondary N) is 1. The van der Waals surface area contributed by atoms with Crippen LogP contribution in [0.3, 0.4) is 0 Å². The maximum Gasteiger partial charge on any atom is 0.244 e. The van der Waals surface area contributed by atoms with Crippen LogP contribution in [-0.2, 0) is 16.6 Å². The maximum absolute atomic E-state index is 12.6. The van der Waals surface area contributed by atoms with E-state index in [-0.39, 0.29) is 16.9 Å². The molecule has 0 atom stereocenters. The minimum Gasteiger partial charge on any atom is -0.394 e. The Morgan fingerprint density at radius 2 is 2.05 bits per heavy atom. The summed E-state index contributed by atoms with van der Waals surface area (Å²) >= 11 is 0. The lowest BCUT2D eigenvalue weighted by Crippen LogP contribution is -2.41. The summed E-state index contributed by atoms with van der Waals surface area (Å²) in [6.07, 6.45) is 4.36. The number of aryl methyl sites for hydroxylation is 1. The minimum atomic E-state index is -3.55. The second-order valence-electron chi connectivity index (χ2n) is 5.98. The van der Waals surface area contributed by atoms with E-state index in [2.05, 4.69) is 16.7 Å². The number of aliphatic hydroxyl groups excluding tert-OH is 1. The van der Waals surface area contributed by atoms with E-state index in [1.807, 2.05) is 0 Å². The van der Waals surface area contributed by atoms with Gasteiger partial charge in [-0.3, -0.25) is 4.68 Å². The Balaban J connectivity index is 2.19. The zero-order valence-corrected chi connectivity index (χ0v) is 13.8. The number of sulfonamides is 1. The Kier molecular flexibility index (Phi) is 4.75. The molecule has 1 saturated carbocycles. The number of aliphatic hydroxyl groups is 1. The summed E-state index contributed by atoms with van der Waals surface area (Å²) in [5.41, 5.74) is 1.19. The van der Waals surface area contributed by atoms with E-state index in [1.54, 1.807) is 18.5 Å². The van der Waals surface area contributed by atoms with Crippen LogP contribution in [0, 0.1) is 19.3 Å². The smallest absolute Gasteiger partial charge is 0.244 e. The second kappa shape index (κ2) is 6.06. The number of hydrogen-bond acceptors (Lipinski definition) is 4. The van der Waals surface area contributed by atoms with Crippen LogP contribution in [-0.4, -0.2) is 36.5 Å². The molecule has 0 unspecified atom stereocenters. The van der Waals surface area contributed by atoms with Crippen LogP contribution in [0.15, 0.2) is 4.90 Å². The molecule has 1 fully saturated rings. The number of rotatable bonds is 7. The summed E-state index contributed by atoms with van der Waals surface area (Å²) < 4.78 is 29.4. The van der Waals surface area contributed by atoms with Crippen molar-refractivity contribution in [2.24, 2.45) is 5.41 Å². The largest absolute Gasteiger partial charge is 0.394 e. The van der Waals surface area contributed by atoms with Crippen molar-refractivity contribution in [1.82, 2.24) is 14.5 Å². The van der Waals surface area contributed by atoms with Gasteiger partial charge in [0.15, 0.2) is 0 Å². The first kappa shape index (κ1) is 16.5. The molecule has 0 bridgehead atoms. The highest BCUT2D eigenvalue weighted by Crippen LogP contribution is 2.43. The fourth-order valence-electron chi connectivity index (χ4n) is 3.03. The summed E-state index contributed by atoms with van der Waals surface area (Å²) in [4.78, 5) is 0.251. The maximum atomic E-state index is 12.6. The van der Waals surface area contributed by atoms with Crippen LogP contribution in [0.4, 0.5) is 0 Å². The van der Waals surface area contributed by atoms with E-state index < -0.39 is 10.0 Å². The highest BCUT2D eigenvalue weighted by Gasteiger charge is 2.36. The molecular formula is C14H25N3O3S. The molecule has 0 aromatic carbocycles. The lowest BCUT2D eigenvalue weighted by molar-refractivity contribution is 0.133. The molecule has 0 aliphatic heterocycles. The Bertz CT molecular complexity index is 598. The van der Waals surface area contributed by atoms with Crippen LogP contribution < -0.4 is 4.72 Å². The zero-order valence-electron chi connectivity index (χ0n) is 13.0. The van der Waals surface area contributed by atoms with Crippen molar-refractivity contribution >= 4 is 10.0 Å². The molecule has 6 nitrogen and oxygen atoms in total. The summed E-state index contributed by atoms with van der Waals surface area (Å²) in [6, 6.07) is 0. The topological polar surface area (TPSA) is 84.2 Å². The molecule has 0 saturated heterocycles. The molecule has 120 valence electrons. The minimum absolute atomic E-state index is 0.0617. The molecule has 1 aromatic heterocycles. The molecule has 1 heterocycles. The third-order valence-electron chi connectivity index (χ3n) is 4.70.